The molecule has 1 aromatic heterocycles. The number of hydrogen-bond acceptors (Lipinski definition) is 2. The summed E-state index contributed by atoms with van der Waals surface area (Å²) in [7, 11) is 0. The normalized spacial score (nSPS) is 10.8. The van der Waals surface area contributed by atoms with Crippen LogP contribution in [0.15, 0.2) is 24.3 Å². The molecule has 3 nitrogen and oxygen atoms in total. The van der Waals surface area contributed by atoms with E-state index >= 15 is 0 Å². The summed E-state index contributed by atoms with van der Waals surface area (Å²) in [5.74, 6) is 0.707. The van der Waals surface area contributed by atoms with Crippen molar-refractivity contribution in [2.24, 2.45) is 0 Å². The Morgan fingerprint density at radius 2 is 2.10 bits per heavy atom. The Hall–Kier alpha value is -1.00. The molecule has 0 saturated carbocycles. The monoisotopic (exact) mass is 356 g/mol. The van der Waals surface area contributed by atoms with E-state index in [0.717, 1.165) is 35.2 Å². The fourth-order valence-electron chi connectivity index (χ4n) is 1.97. The number of rotatable bonds is 6. The second-order valence-corrected chi connectivity index (χ2v) is 5.45. The van der Waals surface area contributed by atoms with E-state index in [1.165, 1.54) is 0 Å². The van der Waals surface area contributed by atoms with Gasteiger partial charge in [0.05, 0.1) is 16.4 Å². The maximum atomic E-state index is 6.21. The van der Waals surface area contributed by atoms with Gasteiger partial charge in [0.15, 0.2) is 0 Å². The largest absolute Gasteiger partial charge is 0.486 e. The minimum absolute atomic E-state index is 0.480. The van der Waals surface area contributed by atoms with Crippen molar-refractivity contribution in [2.45, 2.75) is 38.8 Å². The molecule has 20 heavy (non-hydrogen) atoms. The van der Waals surface area contributed by atoms with Crippen molar-refractivity contribution in [1.29, 1.82) is 0 Å². The molecule has 0 aliphatic heterocycles. The molecule has 2 aromatic rings. The van der Waals surface area contributed by atoms with Gasteiger partial charge in [0.1, 0.15) is 12.4 Å². The first-order valence-corrected chi connectivity index (χ1v) is 8.20. The Kier molecular flexibility index (Phi) is 5.49. The van der Waals surface area contributed by atoms with E-state index in [0.29, 0.717) is 17.4 Å². The maximum absolute atomic E-state index is 6.21. The zero-order valence-corrected chi connectivity index (χ0v) is 14.0. The fourth-order valence-corrected chi connectivity index (χ4v) is 2.58. The van der Waals surface area contributed by atoms with Crippen LogP contribution in [0.2, 0.25) is 5.02 Å². The van der Waals surface area contributed by atoms with E-state index in [1.54, 1.807) is 0 Å². The summed E-state index contributed by atoms with van der Waals surface area (Å²) < 4.78 is 7.79. The van der Waals surface area contributed by atoms with Gasteiger partial charge >= 0.3 is 0 Å². The fraction of sp³-hybridized carbons (Fsp3) is 0.400. The first kappa shape index (κ1) is 15.4. The van der Waals surface area contributed by atoms with Gasteiger partial charge in [-0.05, 0) is 37.1 Å². The van der Waals surface area contributed by atoms with Crippen LogP contribution in [-0.2, 0) is 24.9 Å². The van der Waals surface area contributed by atoms with Crippen LogP contribution in [0.5, 0.6) is 5.75 Å². The molecular formula is C15H18BrClN2O. The summed E-state index contributed by atoms with van der Waals surface area (Å²) in [4.78, 5) is 0. The molecular weight excluding hydrogens is 340 g/mol. The van der Waals surface area contributed by atoms with E-state index < -0.39 is 0 Å². The van der Waals surface area contributed by atoms with Crippen LogP contribution in [0.3, 0.4) is 0 Å². The van der Waals surface area contributed by atoms with Crippen LogP contribution in [-0.4, -0.2) is 9.78 Å². The lowest BCUT2D eigenvalue weighted by molar-refractivity contribution is 0.292. The average molecular weight is 358 g/mol. The molecule has 1 aromatic carbocycles. The van der Waals surface area contributed by atoms with E-state index in [4.69, 9.17) is 16.3 Å². The summed E-state index contributed by atoms with van der Waals surface area (Å²) in [5, 5.41) is 5.93. The number of benzene rings is 1. The van der Waals surface area contributed by atoms with Crippen molar-refractivity contribution in [3.8, 4) is 5.75 Å². The minimum atomic E-state index is 0.480. The van der Waals surface area contributed by atoms with Gasteiger partial charge in [-0.2, -0.15) is 5.10 Å². The number of halogens is 2. The van der Waals surface area contributed by atoms with Crippen LogP contribution in [0.25, 0.3) is 0 Å². The molecule has 0 bridgehead atoms. The molecule has 0 radical (unpaired) electrons. The van der Waals surface area contributed by atoms with Gasteiger partial charge in [0.25, 0.3) is 0 Å². The van der Waals surface area contributed by atoms with Gasteiger partial charge in [-0.15, -0.1) is 0 Å². The SMILES string of the molecule is CCc1cc(COc2ccc(CBr)cc2Cl)n(CC)n1. The van der Waals surface area contributed by atoms with E-state index in [2.05, 4.69) is 40.9 Å². The molecule has 0 aliphatic rings. The van der Waals surface area contributed by atoms with Gasteiger partial charge in [-0.1, -0.05) is 40.5 Å². The number of hydrogen-bond donors (Lipinski definition) is 0. The van der Waals surface area contributed by atoms with Gasteiger partial charge in [-0.25, -0.2) is 0 Å². The quantitative estimate of drug-likeness (QED) is 0.707. The van der Waals surface area contributed by atoms with Gasteiger partial charge < -0.3 is 4.74 Å². The zero-order chi connectivity index (χ0) is 14.5. The summed E-state index contributed by atoms with van der Waals surface area (Å²) in [6.45, 7) is 5.50. The topological polar surface area (TPSA) is 27.1 Å². The molecule has 0 amide bonds. The van der Waals surface area contributed by atoms with Crippen molar-refractivity contribution in [3.63, 3.8) is 0 Å². The molecule has 0 aliphatic carbocycles. The number of nitrogens with zero attached hydrogens (tertiary/aromatic N) is 2. The van der Waals surface area contributed by atoms with E-state index in [1.807, 2.05) is 22.9 Å². The Balaban J connectivity index is 2.10. The Morgan fingerprint density at radius 1 is 1.30 bits per heavy atom. The van der Waals surface area contributed by atoms with Crippen molar-refractivity contribution in [2.75, 3.05) is 0 Å². The Labute approximate surface area is 133 Å². The predicted molar refractivity (Wildman–Crippen MR) is 85.7 cm³/mol. The van der Waals surface area contributed by atoms with Gasteiger partial charge in [-0.3, -0.25) is 4.68 Å². The van der Waals surface area contributed by atoms with Crippen molar-refractivity contribution < 1.29 is 4.74 Å². The third-order valence-electron chi connectivity index (χ3n) is 3.10. The first-order chi connectivity index (χ1) is 9.67. The highest BCUT2D eigenvalue weighted by atomic mass is 79.9. The molecule has 108 valence electrons. The number of alkyl halides is 1. The van der Waals surface area contributed by atoms with E-state index in [9.17, 15) is 0 Å². The minimum Gasteiger partial charge on any atom is -0.486 e. The molecule has 5 heteroatoms. The summed E-state index contributed by atoms with van der Waals surface area (Å²) >= 11 is 9.62. The molecule has 0 N–H and O–H groups in total. The highest BCUT2D eigenvalue weighted by Crippen LogP contribution is 2.27. The summed E-state index contributed by atoms with van der Waals surface area (Å²) in [5.41, 5.74) is 3.30. The smallest absolute Gasteiger partial charge is 0.138 e. The third-order valence-corrected chi connectivity index (χ3v) is 4.04. The van der Waals surface area contributed by atoms with Crippen molar-refractivity contribution in [3.05, 3.63) is 46.2 Å². The Morgan fingerprint density at radius 3 is 2.70 bits per heavy atom. The lowest BCUT2D eigenvalue weighted by atomic mass is 10.2. The number of ether oxygens (including phenoxy) is 1. The highest BCUT2D eigenvalue weighted by molar-refractivity contribution is 9.08. The number of aromatic nitrogens is 2. The second-order valence-electron chi connectivity index (χ2n) is 4.48. The molecule has 0 unspecified atom stereocenters. The number of aryl methyl sites for hydroxylation is 2. The third kappa shape index (κ3) is 3.55. The zero-order valence-electron chi connectivity index (χ0n) is 11.7. The van der Waals surface area contributed by atoms with Crippen LogP contribution in [0.1, 0.15) is 30.8 Å². The first-order valence-electron chi connectivity index (χ1n) is 6.70. The van der Waals surface area contributed by atoms with Crippen LogP contribution in [0, 0.1) is 0 Å². The van der Waals surface area contributed by atoms with Crippen LogP contribution in [0.4, 0.5) is 0 Å². The van der Waals surface area contributed by atoms with Gasteiger partial charge in [0, 0.05) is 11.9 Å². The van der Waals surface area contributed by atoms with E-state index in [-0.39, 0.29) is 0 Å². The molecule has 2 rings (SSSR count). The molecule has 1 heterocycles. The Bertz CT molecular complexity index is 583. The summed E-state index contributed by atoms with van der Waals surface area (Å²) in [6.07, 6.45) is 0.931. The van der Waals surface area contributed by atoms with Crippen LogP contribution >= 0.6 is 27.5 Å². The highest BCUT2D eigenvalue weighted by Gasteiger charge is 2.08. The predicted octanol–water partition coefficient (Wildman–Crippen LogP) is 4.59. The average Bonchev–Trinajstić information content (AvgIpc) is 2.88. The summed E-state index contributed by atoms with van der Waals surface area (Å²) in [6, 6.07) is 7.92. The van der Waals surface area contributed by atoms with Gasteiger partial charge in [0.2, 0.25) is 0 Å². The lowest BCUT2D eigenvalue weighted by Crippen LogP contribution is -2.06. The van der Waals surface area contributed by atoms with Crippen molar-refractivity contribution in [1.82, 2.24) is 9.78 Å². The molecule has 0 fully saturated rings. The van der Waals surface area contributed by atoms with Crippen molar-refractivity contribution >= 4 is 27.5 Å². The molecule has 0 spiro atoms. The van der Waals surface area contributed by atoms with Crippen LogP contribution < -0.4 is 4.74 Å². The maximum Gasteiger partial charge on any atom is 0.138 e. The molecule has 0 atom stereocenters. The standard InChI is InChI=1S/C15H18BrClN2O/c1-3-12-8-13(19(4-2)18-12)10-20-15-6-5-11(9-16)7-14(15)17/h5-8H,3-4,9-10H2,1-2H3. The molecule has 0 saturated heterocycles. The lowest BCUT2D eigenvalue weighted by Gasteiger charge is -2.10. The second kappa shape index (κ2) is 7.14.